The largest absolute Gasteiger partial charge is 0.340 e. The third-order valence-corrected chi connectivity index (χ3v) is 4.32. The molecule has 1 amide bonds. The van der Waals surface area contributed by atoms with E-state index in [1.807, 2.05) is 36.4 Å². The first-order valence-electron chi connectivity index (χ1n) is 9.00. The summed E-state index contributed by atoms with van der Waals surface area (Å²) >= 11 is 0. The molecule has 5 nitrogen and oxygen atoms in total. The van der Waals surface area contributed by atoms with E-state index in [1.54, 1.807) is 24.3 Å². The van der Waals surface area contributed by atoms with E-state index in [-0.39, 0.29) is 11.3 Å². The number of amides is 1. The van der Waals surface area contributed by atoms with E-state index in [9.17, 15) is 4.79 Å². The summed E-state index contributed by atoms with van der Waals surface area (Å²) in [5.41, 5.74) is 3.93. The average molecular weight is 370 g/mol. The van der Waals surface area contributed by atoms with Crippen molar-refractivity contribution in [2.75, 3.05) is 10.6 Å². The van der Waals surface area contributed by atoms with Gasteiger partial charge in [-0.1, -0.05) is 32.9 Å². The van der Waals surface area contributed by atoms with Crippen molar-refractivity contribution < 1.29 is 4.79 Å². The highest BCUT2D eigenvalue weighted by Gasteiger charge is 2.13. The van der Waals surface area contributed by atoms with Crippen LogP contribution in [0.3, 0.4) is 0 Å². The molecular weight excluding hydrogens is 348 g/mol. The van der Waals surface area contributed by atoms with Gasteiger partial charge in [0, 0.05) is 17.6 Å². The Bertz CT molecular complexity index is 993. The number of anilines is 3. The molecule has 0 radical (unpaired) electrons. The molecule has 0 unspecified atom stereocenters. The number of nitrogens with zero attached hydrogens (tertiary/aromatic N) is 2. The maximum Gasteiger partial charge on any atom is 0.257 e. The van der Waals surface area contributed by atoms with Gasteiger partial charge in [0.05, 0.1) is 17.2 Å². The van der Waals surface area contributed by atoms with Crippen molar-refractivity contribution in [3.8, 4) is 6.07 Å². The van der Waals surface area contributed by atoms with Crippen molar-refractivity contribution >= 4 is 23.1 Å². The third-order valence-electron chi connectivity index (χ3n) is 4.32. The van der Waals surface area contributed by atoms with E-state index in [4.69, 9.17) is 5.26 Å². The molecule has 2 aromatic carbocycles. The molecule has 3 aromatic rings. The zero-order chi connectivity index (χ0) is 20.1. The van der Waals surface area contributed by atoms with E-state index in [1.165, 1.54) is 11.8 Å². The zero-order valence-electron chi connectivity index (χ0n) is 16.2. The molecule has 0 saturated carbocycles. The summed E-state index contributed by atoms with van der Waals surface area (Å²) in [5, 5.41) is 14.9. The maximum absolute atomic E-state index is 12.4. The highest BCUT2D eigenvalue weighted by Crippen LogP contribution is 2.23. The molecule has 0 saturated heterocycles. The molecule has 1 aromatic heterocycles. The lowest BCUT2D eigenvalue weighted by Gasteiger charge is -2.19. The van der Waals surface area contributed by atoms with Crippen LogP contribution in [0.25, 0.3) is 0 Å². The van der Waals surface area contributed by atoms with Gasteiger partial charge in [0.2, 0.25) is 0 Å². The third kappa shape index (κ3) is 4.74. The predicted molar refractivity (Wildman–Crippen MR) is 112 cm³/mol. The second kappa shape index (κ2) is 7.93. The lowest BCUT2D eigenvalue weighted by Crippen LogP contribution is -2.14. The van der Waals surface area contributed by atoms with E-state index in [0.29, 0.717) is 16.9 Å². The van der Waals surface area contributed by atoms with Gasteiger partial charge in [-0.3, -0.25) is 4.79 Å². The van der Waals surface area contributed by atoms with Crippen molar-refractivity contribution in [2.45, 2.75) is 26.2 Å². The molecule has 0 aliphatic rings. The summed E-state index contributed by atoms with van der Waals surface area (Å²) in [6, 6.07) is 20.5. The van der Waals surface area contributed by atoms with Crippen molar-refractivity contribution in [3.63, 3.8) is 0 Å². The molecule has 28 heavy (non-hydrogen) atoms. The minimum Gasteiger partial charge on any atom is -0.340 e. The summed E-state index contributed by atoms with van der Waals surface area (Å²) in [5.74, 6) is 0.414. The van der Waals surface area contributed by atoms with E-state index in [2.05, 4.69) is 42.5 Å². The molecule has 2 N–H and O–H groups in total. The minimum atomic E-state index is -0.207. The highest BCUT2D eigenvalue weighted by atomic mass is 16.1. The Labute approximate surface area is 165 Å². The second-order valence-corrected chi connectivity index (χ2v) is 7.53. The zero-order valence-corrected chi connectivity index (χ0v) is 16.2. The minimum absolute atomic E-state index is 0.0736. The molecule has 3 rings (SSSR count). The Balaban J connectivity index is 1.64. The molecule has 140 valence electrons. The molecule has 0 aliphatic carbocycles. The van der Waals surface area contributed by atoms with Crippen LogP contribution >= 0.6 is 0 Å². The number of aromatic nitrogens is 1. The van der Waals surface area contributed by atoms with Crippen molar-refractivity contribution in [1.82, 2.24) is 4.98 Å². The predicted octanol–water partition coefficient (Wildman–Crippen LogP) is 5.25. The van der Waals surface area contributed by atoms with E-state index < -0.39 is 0 Å². The van der Waals surface area contributed by atoms with Crippen LogP contribution < -0.4 is 10.6 Å². The Morgan fingerprint density at radius 2 is 1.57 bits per heavy atom. The van der Waals surface area contributed by atoms with Crippen molar-refractivity contribution in [2.24, 2.45) is 0 Å². The first-order valence-corrected chi connectivity index (χ1v) is 9.00. The van der Waals surface area contributed by atoms with Gasteiger partial charge in [0.15, 0.2) is 0 Å². The summed E-state index contributed by atoms with van der Waals surface area (Å²) < 4.78 is 0. The van der Waals surface area contributed by atoms with Crippen LogP contribution in [0, 0.1) is 11.3 Å². The van der Waals surface area contributed by atoms with Crippen LogP contribution in [-0.2, 0) is 5.41 Å². The number of carbonyl (C=O) groups excluding carboxylic acids is 1. The van der Waals surface area contributed by atoms with Crippen LogP contribution in [0.15, 0.2) is 66.9 Å². The molecule has 1 heterocycles. The van der Waals surface area contributed by atoms with E-state index in [0.717, 1.165) is 11.4 Å². The number of pyridine rings is 1. The van der Waals surface area contributed by atoms with Crippen molar-refractivity contribution in [3.05, 3.63) is 83.6 Å². The molecule has 0 fully saturated rings. The number of benzene rings is 2. The normalized spacial score (nSPS) is 10.8. The fourth-order valence-corrected chi connectivity index (χ4v) is 2.63. The van der Waals surface area contributed by atoms with Gasteiger partial charge in [-0.15, -0.1) is 0 Å². The fourth-order valence-electron chi connectivity index (χ4n) is 2.63. The SMILES string of the molecule is CC(C)(C)c1ccc(NC(=O)c2ccc(Nc3ccc(C#N)cc3)nc2)cc1. The van der Waals surface area contributed by atoms with Gasteiger partial charge in [0.1, 0.15) is 5.82 Å². The number of rotatable bonds is 4. The first-order chi connectivity index (χ1) is 13.3. The summed E-state index contributed by atoms with van der Waals surface area (Å²) in [7, 11) is 0. The average Bonchev–Trinajstić information content (AvgIpc) is 2.69. The van der Waals surface area contributed by atoms with Crippen LogP contribution in [0.1, 0.15) is 42.3 Å². The lowest BCUT2D eigenvalue weighted by atomic mass is 9.87. The van der Waals surface area contributed by atoms with Crippen molar-refractivity contribution in [1.29, 1.82) is 5.26 Å². The smallest absolute Gasteiger partial charge is 0.257 e. The monoisotopic (exact) mass is 370 g/mol. The van der Waals surface area contributed by atoms with Gasteiger partial charge >= 0.3 is 0 Å². The lowest BCUT2D eigenvalue weighted by molar-refractivity contribution is 0.102. The number of hydrogen-bond acceptors (Lipinski definition) is 4. The number of nitriles is 1. The Hall–Kier alpha value is -3.65. The van der Waals surface area contributed by atoms with Crippen LogP contribution in [-0.4, -0.2) is 10.9 Å². The van der Waals surface area contributed by atoms with Crippen LogP contribution in [0.4, 0.5) is 17.2 Å². The quantitative estimate of drug-likeness (QED) is 0.658. The fraction of sp³-hybridized carbons (Fsp3) is 0.174. The summed E-state index contributed by atoms with van der Waals surface area (Å²) in [4.78, 5) is 16.7. The van der Waals surface area contributed by atoms with Gasteiger partial charge in [-0.05, 0) is 59.5 Å². The molecular formula is C23H22N4O. The van der Waals surface area contributed by atoms with Gasteiger partial charge in [-0.25, -0.2) is 4.98 Å². The number of nitrogens with one attached hydrogen (secondary N) is 2. The van der Waals surface area contributed by atoms with E-state index >= 15 is 0 Å². The Morgan fingerprint density at radius 1 is 0.929 bits per heavy atom. The highest BCUT2D eigenvalue weighted by molar-refractivity contribution is 6.04. The standard InChI is InChI=1S/C23H22N4O/c1-23(2,3)18-7-11-20(12-8-18)27-22(28)17-6-13-21(25-15-17)26-19-9-4-16(14-24)5-10-19/h4-13,15H,1-3H3,(H,25,26)(H,27,28). The summed E-state index contributed by atoms with van der Waals surface area (Å²) in [6.45, 7) is 6.46. The van der Waals surface area contributed by atoms with Crippen LogP contribution in [0.5, 0.6) is 0 Å². The Kier molecular flexibility index (Phi) is 5.42. The molecule has 0 spiro atoms. The number of carbonyl (C=O) groups is 1. The topological polar surface area (TPSA) is 77.8 Å². The van der Waals surface area contributed by atoms with Gasteiger partial charge in [-0.2, -0.15) is 5.26 Å². The summed E-state index contributed by atoms with van der Waals surface area (Å²) in [6.07, 6.45) is 1.53. The molecule has 0 atom stereocenters. The van der Waals surface area contributed by atoms with Gasteiger partial charge in [0.25, 0.3) is 5.91 Å². The van der Waals surface area contributed by atoms with Gasteiger partial charge < -0.3 is 10.6 Å². The van der Waals surface area contributed by atoms with Crippen LogP contribution in [0.2, 0.25) is 0 Å². The first kappa shape index (κ1) is 19.1. The number of hydrogen-bond donors (Lipinski definition) is 2. The maximum atomic E-state index is 12.4. The molecule has 5 heteroatoms. The second-order valence-electron chi connectivity index (χ2n) is 7.53. The molecule has 0 bridgehead atoms. The Morgan fingerprint density at radius 3 is 2.11 bits per heavy atom. The molecule has 0 aliphatic heterocycles.